The number of thiophene rings is 1. The average molecular weight is 414 g/mol. The van der Waals surface area contributed by atoms with Gasteiger partial charge in [0.05, 0.1) is 18.1 Å². The van der Waals surface area contributed by atoms with Gasteiger partial charge in [-0.15, -0.1) is 11.3 Å². The van der Waals surface area contributed by atoms with Gasteiger partial charge in [0.2, 0.25) is 5.13 Å². The van der Waals surface area contributed by atoms with E-state index in [0.717, 1.165) is 37.0 Å². The number of amides is 2. The summed E-state index contributed by atoms with van der Waals surface area (Å²) in [6, 6.07) is 0. The summed E-state index contributed by atoms with van der Waals surface area (Å²) >= 11 is 6.94. The molecule has 2 aliphatic rings. The molecule has 0 atom stereocenters. The third kappa shape index (κ3) is 3.94. The van der Waals surface area contributed by atoms with Gasteiger partial charge in [-0.25, -0.2) is 4.90 Å². The number of anilines is 1. The molecule has 1 aliphatic heterocycles. The maximum Gasteiger partial charge on any atom is 0.311 e. The van der Waals surface area contributed by atoms with Gasteiger partial charge in [-0.05, 0) is 32.1 Å². The second-order valence-corrected chi connectivity index (χ2v) is 8.11. The van der Waals surface area contributed by atoms with Crippen LogP contribution in [0.1, 0.15) is 56.7 Å². The molecule has 8 heteroatoms. The van der Waals surface area contributed by atoms with Crippen molar-refractivity contribution >= 4 is 46.4 Å². The number of ether oxygens (including phenoxy) is 1. The number of nitrogens with zero attached hydrogens (tertiary/aromatic N) is 1. The van der Waals surface area contributed by atoms with Crippen molar-refractivity contribution < 1.29 is 23.5 Å². The van der Waals surface area contributed by atoms with Gasteiger partial charge in [-0.2, -0.15) is 4.39 Å². The van der Waals surface area contributed by atoms with E-state index in [1.165, 1.54) is 0 Å². The smallest absolute Gasteiger partial charge is 0.311 e. The second-order valence-electron chi connectivity index (χ2n) is 6.68. The third-order valence-electron chi connectivity index (χ3n) is 4.78. The molecule has 0 radical (unpaired) electrons. The molecule has 0 saturated carbocycles. The van der Waals surface area contributed by atoms with Gasteiger partial charge in [0.25, 0.3) is 11.8 Å². The SMILES string of the molecule is CCCCCOC(=O)Cc1sc(F)c(N2C(=O)C3=C(CCCC3)C2=O)c1Cl. The first-order valence-electron chi connectivity index (χ1n) is 9.18. The molecule has 0 fully saturated rings. The van der Waals surface area contributed by atoms with Crippen molar-refractivity contribution in [1.82, 2.24) is 0 Å². The van der Waals surface area contributed by atoms with E-state index < -0.39 is 22.9 Å². The van der Waals surface area contributed by atoms with Crippen LogP contribution in [0.5, 0.6) is 0 Å². The summed E-state index contributed by atoms with van der Waals surface area (Å²) in [6.45, 7) is 2.36. The zero-order valence-electron chi connectivity index (χ0n) is 15.1. The number of unbranched alkanes of at least 4 members (excludes halogenated alkanes) is 2. The van der Waals surface area contributed by atoms with Crippen LogP contribution >= 0.6 is 22.9 Å². The first kappa shape index (κ1) is 20.0. The molecule has 2 amide bonds. The van der Waals surface area contributed by atoms with Gasteiger partial charge in [-0.3, -0.25) is 14.4 Å². The van der Waals surface area contributed by atoms with Gasteiger partial charge in [0.15, 0.2) is 0 Å². The first-order valence-corrected chi connectivity index (χ1v) is 10.4. The average Bonchev–Trinajstić information content (AvgIpc) is 3.06. The van der Waals surface area contributed by atoms with Gasteiger partial charge >= 0.3 is 5.97 Å². The molecule has 3 rings (SSSR count). The van der Waals surface area contributed by atoms with E-state index in [-0.39, 0.29) is 22.0 Å². The van der Waals surface area contributed by atoms with Crippen molar-refractivity contribution in [2.24, 2.45) is 0 Å². The number of hydrogen-bond donors (Lipinski definition) is 0. The van der Waals surface area contributed by atoms with Gasteiger partial charge in [0, 0.05) is 16.0 Å². The number of carbonyl (C=O) groups is 3. The Labute approximate surface area is 166 Å². The lowest BCUT2D eigenvalue weighted by molar-refractivity contribution is -0.142. The zero-order valence-corrected chi connectivity index (χ0v) is 16.7. The van der Waals surface area contributed by atoms with Crippen LogP contribution in [-0.2, 0) is 25.5 Å². The molecule has 1 aromatic heterocycles. The van der Waals surface area contributed by atoms with Crippen LogP contribution in [0.3, 0.4) is 0 Å². The van der Waals surface area contributed by atoms with E-state index >= 15 is 0 Å². The molecule has 0 N–H and O–H groups in total. The normalized spacial score (nSPS) is 16.9. The van der Waals surface area contributed by atoms with Crippen molar-refractivity contribution in [3.63, 3.8) is 0 Å². The number of hydrogen-bond acceptors (Lipinski definition) is 5. The summed E-state index contributed by atoms with van der Waals surface area (Å²) in [5.74, 6) is -1.50. The molecule has 0 aromatic carbocycles. The first-order chi connectivity index (χ1) is 13.0. The molecule has 2 heterocycles. The van der Waals surface area contributed by atoms with Crippen molar-refractivity contribution in [3.05, 3.63) is 26.2 Å². The fourth-order valence-electron chi connectivity index (χ4n) is 3.38. The Hall–Kier alpha value is -1.73. The highest BCUT2D eigenvalue weighted by Gasteiger charge is 2.42. The molecule has 0 spiro atoms. The molecule has 5 nitrogen and oxygen atoms in total. The fourth-order valence-corrected chi connectivity index (χ4v) is 4.67. The summed E-state index contributed by atoms with van der Waals surface area (Å²) in [6.07, 6.45) is 5.28. The quantitative estimate of drug-likeness (QED) is 0.373. The van der Waals surface area contributed by atoms with Crippen LogP contribution in [0, 0.1) is 5.13 Å². The van der Waals surface area contributed by atoms with Crippen LogP contribution in [0.15, 0.2) is 11.1 Å². The Morgan fingerprint density at radius 2 is 1.81 bits per heavy atom. The minimum Gasteiger partial charge on any atom is -0.465 e. The molecule has 1 aromatic rings. The van der Waals surface area contributed by atoms with Crippen LogP contribution in [0.25, 0.3) is 0 Å². The Bertz CT molecular complexity index is 789. The van der Waals surface area contributed by atoms with E-state index in [1.807, 2.05) is 6.92 Å². The van der Waals surface area contributed by atoms with Crippen LogP contribution < -0.4 is 4.90 Å². The number of rotatable bonds is 7. The predicted molar refractivity (Wildman–Crippen MR) is 101 cm³/mol. The van der Waals surface area contributed by atoms with Gasteiger partial charge < -0.3 is 4.74 Å². The Morgan fingerprint density at radius 3 is 2.41 bits per heavy atom. The van der Waals surface area contributed by atoms with Gasteiger partial charge in [0.1, 0.15) is 5.69 Å². The fraction of sp³-hybridized carbons (Fsp3) is 0.526. The Balaban J connectivity index is 1.76. The molecule has 0 bridgehead atoms. The van der Waals surface area contributed by atoms with E-state index in [0.29, 0.717) is 41.9 Å². The highest BCUT2D eigenvalue weighted by Crippen LogP contribution is 2.44. The maximum absolute atomic E-state index is 14.6. The molecule has 146 valence electrons. The highest BCUT2D eigenvalue weighted by molar-refractivity contribution is 7.11. The van der Waals surface area contributed by atoms with Crippen molar-refractivity contribution in [1.29, 1.82) is 0 Å². The van der Waals surface area contributed by atoms with Gasteiger partial charge in [-0.1, -0.05) is 31.4 Å². The predicted octanol–water partition coefficient (Wildman–Crippen LogP) is 4.56. The molecular weight excluding hydrogens is 393 g/mol. The molecule has 0 unspecified atom stereocenters. The molecule has 27 heavy (non-hydrogen) atoms. The lowest BCUT2D eigenvalue weighted by Gasteiger charge is -2.14. The van der Waals surface area contributed by atoms with Crippen molar-refractivity contribution in [3.8, 4) is 0 Å². The van der Waals surface area contributed by atoms with Crippen LogP contribution in [0.2, 0.25) is 5.02 Å². The standard InChI is InChI=1S/C19H21ClFNO4S/c1-2-3-6-9-26-14(23)10-13-15(20)16(17(21)27-13)22-18(24)11-7-4-5-8-12(11)19(22)25/h2-10H2,1H3. The largest absolute Gasteiger partial charge is 0.465 e. The van der Waals surface area contributed by atoms with E-state index in [4.69, 9.17) is 16.3 Å². The zero-order chi connectivity index (χ0) is 19.6. The third-order valence-corrected chi connectivity index (χ3v) is 6.27. The number of halogens is 2. The summed E-state index contributed by atoms with van der Waals surface area (Å²) in [5, 5.41) is -0.806. The summed E-state index contributed by atoms with van der Waals surface area (Å²) in [7, 11) is 0. The summed E-state index contributed by atoms with van der Waals surface area (Å²) < 4.78 is 19.7. The van der Waals surface area contributed by atoms with E-state index in [2.05, 4.69) is 0 Å². The second kappa shape index (κ2) is 8.52. The molecule has 0 saturated heterocycles. The van der Waals surface area contributed by atoms with Crippen molar-refractivity contribution in [2.75, 3.05) is 11.5 Å². The summed E-state index contributed by atoms with van der Waals surface area (Å²) in [5.41, 5.74) is 0.689. The topological polar surface area (TPSA) is 63.7 Å². The summed E-state index contributed by atoms with van der Waals surface area (Å²) in [4.78, 5) is 38.3. The number of carbonyl (C=O) groups excluding carboxylic acids is 3. The number of esters is 1. The lowest BCUT2D eigenvalue weighted by Crippen LogP contribution is -2.32. The van der Waals surface area contributed by atoms with Crippen LogP contribution in [0.4, 0.5) is 10.1 Å². The van der Waals surface area contributed by atoms with Crippen molar-refractivity contribution in [2.45, 2.75) is 58.3 Å². The molecule has 1 aliphatic carbocycles. The Morgan fingerprint density at radius 1 is 1.19 bits per heavy atom. The monoisotopic (exact) mass is 413 g/mol. The highest BCUT2D eigenvalue weighted by atomic mass is 35.5. The van der Waals surface area contributed by atoms with E-state index in [1.54, 1.807) is 0 Å². The minimum atomic E-state index is -0.740. The molecular formula is C19H21ClFNO4S. The number of imide groups is 1. The Kier molecular flexibility index (Phi) is 6.32. The van der Waals surface area contributed by atoms with E-state index in [9.17, 15) is 18.8 Å². The minimum absolute atomic E-state index is 0.0652. The maximum atomic E-state index is 14.6. The lowest BCUT2D eigenvalue weighted by atomic mass is 9.93. The van der Waals surface area contributed by atoms with Crippen LogP contribution in [-0.4, -0.2) is 24.4 Å².